The molecule has 5 rings (SSSR count). The van der Waals surface area contributed by atoms with Gasteiger partial charge in [-0.2, -0.15) is 0 Å². The fourth-order valence-electron chi connectivity index (χ4n) is 6.28. The molecular weight excluding hydrogens is 222 g/mol. The fraction of sp³-hybridized carbons (Fsp3) is 1.00. The maximum atomic E-state index is 6.14. The predicted octanol–water partition coefficient (Wildman–Crippen LogP) is 2.83. The van der Waals surface area contributed by atoms with Crippen LogP contribution in [-0.2, 0) is 4.74 Å². The molecule has 0 aromatic heterocycles. The lowest BCUT2D eigenvalue weighted by molar-refractivity contribution is -0.165. The average Bonchev–Trinajstić information content (AvgIpc) is 2.38. The van der Waals surface area contributed by atoms with Gasteiger partial charge < -0.3 is 10.1 Å². The molecule has 1 unspecified atom stereocenters. The van der Waals surface area contributed by atoms with Crippen LogP contribution >= 0.6 is 0 Å². The Balaban J connectivity index is 1.63. The maximum Gasteiger partial charge on any atom is 0.0836 e. The van der Waals surface area contributed by atoms with Gasteiger partial charge in [-0.25, -0.2) is 0 Å². The van der Waals surface area contributed by atoms with E-state index in [1.165, 1.54) is 45.1 Å². The highest BCUT2D eigenvalue weighted by Crippen LogP contribution is 2.60. The third-order valence-corrected chi connectivity index (χ3v) is 6.62. The largest absolute Gasteiger partial charge is 0.377 e. The molecule has 18 heavy (non-hydrogen) atoms. The smallest absolute Gasteiger partial charge is 0.0836 e. The van der Waals surface area contributed by atoms with E-state index in [2.05, 4.69) is 5.32 Å². The van der Waals surface area contributed by atoms with Gasteiger partial charge in [-0.1, -0.05) is 0 Å². The van der Waals surface area contributed by atoms with Crippen LogP contribution in [-0.4, -0.2) is 25.8 Å². The molecule has 4 bridgehead atoms. The molecule has 0 radical (unpaired) electrons. The Morgan fingerprint density at radius 2 is 1.67 bits per heavy atom. The van der Waals surface area contributed by atoms with Gasteiger partial charge in [0.2, 0.25) is 0 Å². The topological polar surface area (TPSA) is 21.3 Å². The quantitative estimate of drug-likeness (QED) is 0.812. The summed E-state index contributed by atoms with van der Waals surface area (Å²) in [6, 6.07) is 0. The molecule has 0 aromatic rings. The molecule has 102 valence electrons. The average molecular weight is 249 g/mol. The van der Waals surface area contributed by atoms with Crippen molar-refractivity contribution in [1.82, 2.24) is 5.32 Å². The molecule has 5 aliphatic rings. The first-order chi connectivity index (χ1) is 8.81. The van der Waals surface area contributed by atoms with Crippen LogP contribution in [0, 0.1) is 29.6 Å². The zero-order valence-electron chi connectivity index (χ0n) is 11.7. The lowest BCUT2D eigenvalue weighted by Gasteiger charge is -2.60. The third-order valence-electron chi connectivity index (χ3n) is 6.62. The highest BCUT2D eigenvalue weighted by atomic mass is 16.5. The van der Waals surface area contributed by atoms with Gasteiger partial charge >= 0.3 is 0 Å². The Hall–Kier alpha value is -0.0800. The van der Waals surface area contributed by atoms with E-state index in [4.69, 9.17) is 4.74 Å². The van der Waals surface area contributed by atoms with Gasteiger partial charge in [-0.15, -0.1) is 0 Å². The minimum Gasteiger partial charge on any atom is -0.377 e. The van der Waals surface area contributed by atoms with E-state index in [9.17, 15) is 0 Å². The number of nitrogens with one attached hydrogen (secondary N) is 1. The van der Waals surface area contributed by atoms with Crippen LogP contribution in [0.2, 0.25) is 0 Å². The standard InChI is InChI=1S/C16H27NO/c1-18-16(3-2-4-17-10-16)15-13-6-11-5-12(8-13)9-14(15)7-11/h11-15,17H,2-10H2,1H3. The van der Waals surface area contributed by atoms with Crippen molar-refractivity contribution in [3.8, 4) is 0 Å². The second-order valence-corrected chi connectivity index (χ2v) is 7.51. The molecule has 1 heterocycles. The van der Waals surface area contributed by atoms with Crippen LogP contribution < -0.4 is 5.32 Å². The zero-order chi connectivity index (χ0) is 12.2. The monoisotopic (exact) mass is 249 g/mol. The Labute approximate surface area is 111 Å². The number of rotatable bonds is 2. The summed E-state index contributed by atoms with van der Waals surface area (Å²) < 4.78 is 6.14. The van der Waals surface area contributed by atoms with Crippen molar-refractivity contribution in [2.45, 2.75) is 50.5 Å². The number of ether oxygens (including phenoxy) is 1. The summed E-state index contributed by atoms with van der Waals surface area (Å²) in [5, 5.41) is 3.61. The highest BCUT2D eigenvalue weighted by molar-refractivity contribution is 5.07. The van der Waals surface area contributed by atoms with E-state index in [0.29, 0.717) is 0 Å². The van der Waals surface area contributed by atoms with Crippen molar-refractivity contribution >= 4 is 0 Å². The van der Waals surface area contributed by atoms with E-state index >= 15 is 0 Å². The van der Waals surface area contributed by atoms with Crippen LogP contribution in [0.15, 0.2) is 0 Å². The van der Waals surface area contributed by atoms with E-state index in [1.54, 1.807) is 6.42 Å². The van der Waals surface area contributed by atoms with Gasteiger partial charge in [-0.05, 0) is 81.1 Å². The van der Waals surface area contributed by atoms with Crippen LogP contribution in [0.4, 0.5) is 0 Å². The molecule has 0 amide bonds. The molecule has 1 aliphatic heterocycles. The molecular formula is C16H27NO. The Morgan fingerprint density at radius 3 is 2.17 bits per heavy atom. The van der Waals surface area contributed by atoms with Crippen molar-refractivity contribution < 1.29 is 4.74 Å². The van der Waals surface area contributed by atoms with E-state index in [1.807, 2.05) is 7.11 Å². The normalized spacial score (nSPS) is 54.8. The molecule has 2 nitrogen and oxygen atoms in total. The summed E-state index contributed by atoms with van der Waals surface area (Å²) >= 11 is 0. The Bertz CT molecular complexity index is 293. The fourth-order valence-corrected chi connectivity index (χ4v) is 6.28. The van der Waals surface area contributed by atoms with Gasteiger partial charge in [0.05, 0.1) is 5.60 Å². The van der Waals surface area contributed by atoms with Crippen LogP contribution in [0.3, 0.4) is 0 Å². The SMILES string of the molecule is COC1(C2C3CC4CC(C3)CC2C4)CCCNC1. The van der Waals surface area contributed by atoms with E-state index in [-0.39, 0.29) is 5.60 Å². The third kappa shape index (κ3) is 1.61. The van der Waals surface area contributed by atoms with Gasteiger partial charge in [0.25, 0.3) is 0 Å². The van der Waals surface area contributed by atoms with Crippen molar-refractivity contribution in [2.75, 3.05) is 20.2 Å². The molecule has 1 N–H and O–H groups in total. The second kappa shape index (κ2) is 4.21. The second-order valence-electron chi connectivity index (χ2n) is 7.51. The number of hydrogen-bond acceptors (Lipinski definition) is 2. The molecule has 0 spiro atoms. The van der Waals surface area contributed by atoms with Gasteiger partial charge in [0, 0.05) is 13.7 Å². The predicted molar refractivity (Wildman–Crippen MR) is 72.4 cm³/mol. The summed E-state index contributed by atoms with van der Waals surface area (Å²) in [4.78, 5) is 0. The van der Waals surface area contributed by atoms with Gasteiger partial charge in [-0.3, -0.25) is 0 Å². The van der Waals surface area contributed by atoms with Crippen molar-refractivity contribution in [3.63, 3.8) is 0 Å². The van der Waals surface area contributed by atoms with Gasteiger partial charge in [0.15, 0.2) is 0 Å². The first-order valence-corrected chi connectivity index (χ1v) is 8.06. The molecule has 4 aliphatic carbocycles. The molecule has 4 saturated carbocycles. The summed E-state index contributed by atoms with van der Waals surface area (Å²) in [6.07, 6.45) is 10.2. The van der Waals surface area contributed by atoms with Crippen molar-refractivity contribution in [3.05, 3.63) is 0 Å². The summed E-state index contributed by atoms with van der Waals surface area (Å²) in [5.74, 6) is 4.99. The summed E-state index contributed by atoms with van der Waals surface area (Å²) in [6.45, 7) is 2.30. The molecule has 2 heteroatoms. The lowest BCUT2D eigenvalue weighted by Crippen LogP contribution is -2.60. The minimum atomic E-state index is 0.181. The zero-order valence-corrected chi connectivity index (χ0v) is 11.7. The first-order valence-electron chi connectivity index (χ1n) is 8.06. The van der Waals surface area contributed by atoms with Crippen LogP contribution in [0.1, 0.15) is 44.9 Å². The van der Waals surface area contributed by atoms with Crippen LogP contribution in [0.25, 0.3) is 0 Å². The maximum absolute atomic E-state index is 6.14. The number of hydrogen-bond donors (Lipinski definition) is 1. The Kier molecular flexibility index (Phi) is 2.74. The van der Waals surface area contributed by atoms with Crippen LogP contribution in [0.5, 0.6) is 0 Å². The molecule has 0 aromatic carbocycles. The Morgan fingerprint density at radius 1 is 1.00 bits per heavy atom. The van der Waals surface area contributed by atoms with E-state index in [0.717, 1.165) is 36.1 Å². The van der Waals surface area contributed by atoms with Crippen molar-refractivity contribution in [2.24, 2.45) is 29.6 Å². The first kappa shape index (κ1) is 11.7. The highest BCUT2D eigenvalue weighted by Gasteiger charge is 2.56. The lowest BCUT2D eigenvalue weighted by atomic mass is 9.48. The molecule has 1 atom stereocenters. The van der Waals surface area contributed by atoms with Gasteiger partial charge in [0.1, 0.15) is 0 Å². The number of piperidine rings is 1. The molecule has 1 saturated heterocycles. The number of methoxy groups -OCH3 is 1. The molecule has 5 fully saturated rings. The van der Waals surface area contributed by atoms with Crippen molar-refractivity contribution in [1.29, 1.82) is 0 Å². The van der Waals surface area contributed by atoms with E-state index < -0.39 is 0 Å². The minimum absolute atomic E-state index is 0.181. The summed E-state index contributed by atoms with van der Waals surface area (Å²) in [7, 11) is 1.97. The summed E-state index contributed by atoms with van der Waals surface area (Å²) in [5.41, 5.74) is 0.181.